The van der Waals surface area contributed by atoms with Crippen LogP contribution in [-0.2, 0) is 16.1 Å². The molecule has 1 fully saturated rings. The SMILES string of the molecule is CC(=[NH2+])c1cnc(C(=O)Nc2ccc3c(c2)CN(C2CCC(=O)NC2=O)C3=O)nc1NC(C)C. The highest BCUT2D eigenvalue weighted by molar-refractivity contribution is 6.06. The number of fused-ring (bicyclic) bond motifs is 1. The highest BCUT2D eigenvalue weighted by Gasteiger charge is 2.39. The lowest BCUT2D eigenvalue weighted by Gasteiger charge is -2.29. The van der Waals surface area contributed by atoms with Crippen molar-refractivity contribution in [3.05, 3.63) is 46.9 Å². The largest absolute Gasteiger partial charge is 0.367 e. The summed E-state index contributed by atoms with van der Waals surface area (Å²) in [5.41, 5.74) is 2.75. The molecule has 2 aliphatic rings. The van der Waals surface area contributed by atoms with Crippen molar-refractivity contribution in [1.29, 1.82) is 0 Å². The second-order valence-electron chi connectivity index (χ2n) is 8.66. The van der Waals surface area contributed by atoms with E-state index in [0.717, 1.165) is 0 Å². The van der Waals surface area contributed by atoms with Gasteiger partial charge in [-0.1, -0.05) is 0 Å². The third-order valence-corrected chi connectivity index (χ3v) is 5.62. The normalized spacial score (nSPS) is 17.5. The number of nitrogens with zero attached hydrogens (tertiary/aromatic N) is 3. The molecular formula is C23H26N7O4+. The van der Waals surface area contributed by atoms with E-state index < -0.39 is 17.9 Å². The van der Waals surface area contributed by atoms with Crippen molar-refractivity contribution >= 4 is 40.8 Å². The Bertz CT molecular complexity index is 1220. The van der Waals surface area contributed by atoms with Crippen LogP contribution in [0.25, 0.3) is 0 Å². The number of aromatic nitrogens is 2. The summed E-state index contributed by atoms with van der Waals surface area (Å²) in [4.78, 5) is 59.2. The summed E-state index contributed by atoms with van der Waals surface area (Å²) in [6.07, 6.45) is 1.97. The molecule has 34 heavy (non-hydrogen) atoms. The van der Waals surface area contributed by atoms with Crippen molar-refractivity contribution < 1.29 is 24.6 Å². The van der Waals surface area contributed by atoms with Crippen molar-refractivity contribution in [2.45, 2.75) is 52.2 Å². The first-order chi connectivity index (χ1) is 16.1. The van der Waals surface area contributed by atoms with Crippen molar-refractivity contribution in [3.8, 4) is 0 Å². The Hall–Kier alpha value is -4.15. The van der Waals surface area contributed by atoms with Crippen LogP contribution in [0.4, 0.5) is 11.5 Å². The fraction of sp³-hybridized carbons (Fsp3) is 0.348. The van der Waals surface area contributed by atoms with E-state index in [0.29, 0.717) is 33.9 Å². The van der Waals surface area contributed by atoms with Gasteiger partial charge in [0.1, 0.15) is 17.4 Å². The number of amides is 4. The number of carbonyl (C=O) groups excluding carboxylic acids is 4. The Morgan fingerprint density at radius 1 is 1.26 bits per heavy atom. The molecule has 11 heteroatoms. The lowest BCUT2D eigenvalue weighted by molar-refractivity contribution is -0.137. The zero-order valence-corrected chi connectivity index (χ0v) is 19.1. The van der Waals surface area contributed by atoms with Gasteiger partial charge in [0.15, 0.2) is 5.71 Å². The summed E-state index contributed by atoms with van der Waals surface area (Å²) in [5, 5.41) is 14.1. The molecule has 0 radical (unpaired) electrons. The third kappa shape index (κ3) is 4.49. The van der Waals surface area contributed by atoms with Crippen LogP contribution in [0.15, 0.2) is 24.4 Å². The van der Waals surface area contributed by atoms with E-state index in [9.17, 15) is 19.2 Å². The molecule has 0 saturated carbocycles. The predicted octanol–water partition coefficient (Wildman–Crippen LogP) is -0.122. The van der Waals surface area contributed by atoms with Gasteiger partial charge < -0.3 is 15.5 Å². The van der Waals surface area contributed by atoms with Gasteiger partial charge in [0.05, 0.1) is 0 Å². The number of imide groups is 1. The maximum atomic E-state index is 12.8. The second-order valence-corrected chi connectivity index (χ2v) is 8.66. The number of piperidine rings is 1. The molecule has 2 aliphatic heterocycles. The van der Waals surface area contributed by atoms with E-state index in [1.54, 1.807) is 25.1 Å². The Labute approximate surface area is 195 Å². The van der Waals surface area contributed by atoms with E-state index in [1.807, 2.05) is 13.8 Å². The van der Waals surface area contributed by atoms with E-state index in [1.165, 1.54) is 11.1 Å². The molecule has 0 aliphatic carbocycles. The fourth-order valence-corrected chi connectivity index (χ4v) is 4.00. The lowest BCUT2D eigenvalue weighted by atomic mass is 10.0. The fourth-order valence-electron chi connectivity index (χ4n) is 4.00. The van der Waals surface area contributed by atoms with Crippen LogP contribution in [0.5, 0.6) is 0 Å². The molecule has 1 unspecified atom stereocenters. The molecule has 11 nitrogen and oxygen atoms in total. The summed E-state index contributed by atoms with van der Waals surface area (Å²) < 4.78 is 0. The zero-order chi connectivity index (χ0) is 24.6. The molecule has 3 heterocycles. The average molecular weight is 465 g/mol. The van der Waals surface area contributed by atoms with Crippen LogP contribution in [0.2, 0.25) is 0 Å². The van der Waals surface area contributed by atoms with Crippen LogP contribution < -0.4 is 21.4 Å². The van der Waals surface area contributed by atoms with Crippen molar-refractivity contribution in [2.75, 3.05) is 10.6 Å². The summed E-state index contributed by atoms with van der Waals surface area (Å²) in [5.74, 6) is -1.16. The maximum Gasteiger partial charge on any atom is 0.293 e. The molecule has 1 aromatic carbocycles. The topological polar surface area (TPSA) is 159 Å². The quantitative estimate of drug-likeness (QED) is 0.342. The monoisotopic (exact) mass is 464 g/mol. The second kappa shape index (κ2) is 9.00. The summed E-state index contributed by atoms with van der Waals surface area (Å²) >= 11 is 0. The smallest absolute Gasteiger partial charge is 0.293 e. The molecule has 0 bridgehead atoms. The minimum absolute atomic E-state index is 0.0325. The highest BCUT2D eigenvalue weighted by atomic mass is 16.2. The Balaban J connectivity index is 1.51. The van der Waals surface area contributed by atoms with Crippen molar-refractivity contribution in [1.82, 2.24) is 20.2 Å². The van der Waals surface area contributed by atoms with Gasteiger partial charge in [-0.15, -0.1) is 0 Å². The Kier molecular flexibility index (Phi) is 6.10. The molecule has 4 rings (SSSR count). The maximum absolute atomic E-state index is 12.8. The molecule has 1 atom stereocenters. The molecular weight excluding hydrogens is 438 g/mol. The van der Waals surface area contributed by atoms with Gasteiger partial charge in [0.25, 0.3) is 11.8 Å². The number of benzene rings is 1. The van der Waals surface area contributed by atoms with E-state index in [4.69, 9.17) is 5.41 Å². The standard InChI is InChI=1S/C23H25N7O4/c1-11(2)26-19-16(12(3)24)9-25-20(29-19)22(33)27-14-4-5-15-13(8-14)10-30(23(15)34)17-6-7-18(31)28-21(17)32/h4-5,8-9,11,17,24H,6-7,10H2,1-3H3,(H,27,33)(H,25,26,29)(H,28,31,32)/p+1. The molecule has 1 saturated heterocycles. The highest BCUT2D eigenvalue weighted by Crippen LogP contribution is 2.29. The van der Waals surface area contributed by atoms with Crippen LogP contribution in [0.1, 0.15) is 65.7 Å². The number of carbonyl (C=O) groups is 4. The van der Waals surface area contributed by atoms with Crippen LogP contribution >= 0.6 is 0 Å². The van der Waals surface area contributed by atoms with E-state index in [-0.39, 0.29) is 43.1 Å². The summed E-state index contributed by atoms with van der Waals surface area (Å²) in [6.45, 7) is 5.83. The van der Waals surface area contributed by atoms with Crippen molar-refractivity contribution in [2.24, 2.45) is 0 Å². The van der Waals surface area contributed by atoms with Gasteiger partial charge in [-0.2, -0.15) is 0 Å². The summed E-state index contributed by atoms with van der Waals surface area (Å²) in [6, 6.07) is 4.29. The van der Waals surface area contributed by atoms with Crippen LogP contribution in [0, 0.1) is 0 Å². The predicted molar refractivity (Wildman–Crippen MR) is 123 cm³/mol. The minimum atomic E-state index is -0.697. The molecule has 1 aromatic heterocycles. The molecule has 4 amide bonds. The van der Waals surface area contributed by atoms with Crippen molar-refractivity contribution in [3.63, 3.8) is 0 Å². The molecule has 5 N–H and O–H groups in total. The zero-order valence-electron chi connectivity index (χ0n) is 19.1. The summed E-state index contributed by atoms with van der Waals surface area (Å²) in [7, 11) is 0. The first kappa shape index (κ1) is 23.0. The van der Waals surface area contributed by atoms with Crippen LogP contribution in [0.3, 0.4) is 0 Å². The van der Waals surface area contributed by atoms with Gasteiger partial charge in [-0.25, -0.2) is 9.97 Å². The first-order valence-electron chi connectivity index (χ1n) is 11.0. The Morgan fingerprint density at radius 3 is 2.71 bits per heavy atom. The Morgan fingerprint density at radius 2 is 2.03 bits per heavy atom. The van der Waals surface area contributed by atoms with Gasteiger partial charge in [-0.05, 0) is 44.0 Å². The average Bonchev–Trinajstić information content (AvgIpc) is 3.08. The van der Waals surface area contributed by atoms with Gasteiger partial charge in [0, 0.05) is 43.4 Å². The third-order valence-electron chi connectivity index (χ3n) is 5.62. The van der Waals surface area contributed by atoms with Gasteiger partial charge >= 0.3 is 0 Å². The minimum Gasteiger partial charge on any atom is -0.367 e. The number of anilines is 2. The lowest BCUT2D eigenvalue weighted by Crippen LogP contribution is -2.52. The first-order valence-corrected chi connectivity index (χ1v) is 11.0. The van der Waals surface area contributed by atoms with E-state index in [2.05, 4.69) is 25.9 Å². The molecule has 0 spiro atoms. The number of hydrogen-bond acceptors (Lipinski definition) is 7. The molecule has 176 valence electrons. The number of hydrogen-bond donors (Lipinski definition) is 4. The van der Waals surface area contributed by atoms with Crippen LogP contribution in [-0.4, -0.2) is 56.3 Å². The van der Waals surface area contributed by atoms with E-state index >= 15 is 0 Å². The van der Waals surface area contributed by atoms with Gasteiger partial charge in [-0.3, -0.25) is 29.9 Å². The number of nitrogens with one attached hydrogen (secondary N) is 3. The molecule has 2 aromatic rings. The number of rotatable bonds is 6. The van der Waals surface area contributed by atoms with Gasteiger partial charge in [0.2, 0.25) is 17.6 Å². The number of nitrogens with two attached hydrogens (primary N) is 1.